The summed E-state index contributed by atoms with van der Waals surface area (Å²) in [6.45, 7) is 7.31. The van der Waals surface area contributed by atoms with Crippen LogP contribution in [0.25, 0.3) is 0 Å². The Morgan fingerprint density at radius 1 is 1.15 bits per heavy atom. The van der Waals surface area contributed by atoms with Crippen molar-refractivity contribution in [1.29, 1.82) is 0 Å². The highest BCUT2D eigenvalue weighted by Crippen LogP contribution is 2.34. The van der Waals surface area contributed by atoms with Gasteiger partial charge in [-0.2, -0.15) is 0 Å². The van der Waals surface area contributed by atoms with E-state index in [1.807, 2.05) is 12.1 Å². The van der Waals surface area contributed by atoms with Gasteiger partial charge in [-0.15, -0.1) is 0 Å². The van der Waals surface area contributed by atoms with Gasteiger partial charge < -0.3 is 19.7 Å². The fraction of sp³-hybridized carbons (Fsp3) is 0.625. The number of fused-ring (bicyclic) bond motifs is 1. The number of rotatable bonds is 3. The van der Waals surface area contributed by atoms with Crippen LogP contribution in [0, 0.1) is 0 Å². The maximum atomic E-state index is 5.43. The fourth-order valence-corrected chi connectivity index (χ4v) is 3.00. The van der Waals surface area contributed by atoms with E-state index in [1.54, 1.807) is 0 Å². The summed E-state index contributed by atoms with van der Waals surface area (Å²) < 4.78 is 10.8. The molecule has 4 nitrogen and oxygen atoms in total. The predicted molar refractivity (Wildman–Crippen MR) is 80.5 cm³/mol. The number of benzene rings is 1. The molecule has 1 atom stereocenters. The lowest BCUT2D eigenvalue weighted by molar-refractivity contribution is 0.174. The molecule has 1 N–H and O–H groups in total. The summed E-state index contributed by atoms with van der Waals surface area (Å²) >= 11 is 0. The van der Waals surface area contributed by atoms with Crippen LogP contribution < -0.4 is 14.8 Å². The average molecular weight is 276 g/mol. The lowest BCUT2D eigenvalue weighted by atomic mass is 10.1. The minimum atomic E-state index is 0.339. The molecule has 0 bridgehead atoms. The second kappa shape index (κ2) is 5.92. The van der Waals surface area contributed by atoms with E-state index >= 15 is 0 Å². The maximum absolute atomic E-state index is 5.43. The topological polar surface area (TPSA) is 33.7 Å². The molecule has 20 heavy (non-hydrogen) atoms. The molecule has 4 heteroatoms. The number of likely N-dealkylation sites (tertiary alicyclic amines) is 1. The molecule has 0 radical (unpaired) electrons. The first-order valence-electron chi connectivity index (χ1n) is 7.62. The number of anilines is 1. The van der Waals surface area contributed by atoms with Gasteiger partial charge in [-0.3, -0.25) is 0 Å². The summed E-state index contributed by atoms with van der Waals surface area (Å²) in [5, 5.41) is 3.65. The zero-order chi connectivity index (χ0) is 13.9. The largest absolute Gasteiger partial charge is 0.454 e. The van der Waals surface area contributed by atoms with Crippen LogP contribution in [0.5, 0.6) is 11.5 Å². The highest BCUT2D eigenvalue weighted by Gasteiger charge is 2.19. The van der Waals surface area contributed by atoms with Gasteiger partial charge in [0.1, 0.15) is 0 Å². The van der Waals surface area contributed by atoms with Crippen LogP contribution in [0.3, 0.4) is 0 Å². The summed E-state index contributed by atoms with van der Waals surface area (Å²) in [4.78, 5) is 2.57. The van der Waals surface area contributed by atoms with Gasteiger partial charge in [0.2, 0.25) is 6.79 Å². The first kappa shape index (κ1) is 13.6. The van der Waals surface area contributed by atoms with E-state index < -0.39 is 0 Å². The number of nitrogens with one attached hydrogen (secondary N) is 1. The van der Waals surface area contributed by atoms with Gasteiger partial charge >= 0.3 is 0 Å². The van der Waals surface area contributed by atoms with Crippen LogP contribution in [-0.4, -0.2) is 36.9 Å². The second-order valence-electron chi connectivity index (χ2n) is 5.97. The van der Waals surface area contributed by atoms with Crippen LogP contribution in [0.15, 0.2) is 18.2 Å². The third-order valence-electron chi connectivity index (χ3n) is 4.24. The summed E-state index contributed by atoms with van der Waals surface area (Å²) in [5.41, 5.74) is 1.14. The van der Waals surface area contributed by atoms with Crippen molar-refractivity contribution >= 4 is 5.69 Å². The molecule has 1 aromatic carbocycles. The third kappa shape index (κ3) is 3.01. The molecular formula is C16H24N2O2. The number of hydrogen-bond acceptors (Lipinski definition) is 4. The van der Waals surface area contributed by atoms with Gasteiger partial charge in [0.05, 0.1) is 0 Å². The highest BCUT2D eigenvalue weighted by atomic mass is 16.7. The fourth-order valence-electron chi connectivity index (χ4n) is 3.00. The molecular weight excluding hydrogens is 252 g/mol. The highest BCUT2D eigenvalue weighted by molar-refractivity contribution is 5.56. The van der Waals surface area contributed by atoms with E-state index in [0.717, 1.165) is 17.2 Å². The molecule has 2 heterocycles. The van der Waals surface area contributed by atoms with Crippen LogP contribution in [-0.2, 0) is 0 Å². The monoisotopic (exact) mass is 276 g/mol. The first-order valence-corrected chi connectivity index (χ1v) is 7.62. The molecule has 2 aliphatic heterocycles. The Labute approximate surface area is 121 Å². The summed E-state index contributed by atoms with van der Waals surface area (Å²) in [6, 6.07) is 7.33. The van der Waals surface area contributed by atoms with Crippen LogP contribution >= 0.6 is 0 Å². The van der Waals surface area contributed by atoms with Crippen LogP contribution in [0.4, 0.5) is 5.69 Å². The van der Waals surface area contributed by atoms with E-state index in [9.17, 15) is 0 Å². The van der Waals surface area contributed by atoms with Gasteiger partial charge in [-0.05, 0) is 51.8 Å². The minimum absolute atomic E-state index is 0.339. The molecule has 1 fully saturated rings. The van der Waals surface area contributed by atoms with Gasteiger partial charge in [0.25, 0.3) is 0 Å². The van der Waals surface area contributed by atoms with E-state index in [4.69, 9.17) is 9.47 Å². The van der Waals surface area contributed by atoms with Crippen molar-refractivity contribution in [3.8, 4) is 11.5 Å². The van der Waals surface area contributed by atoms with E-state index in [-0.39, 0.29) is 0 Å². The summed E-state index contributed by atoms with van der Waals surface area (Å²) in [6.07, 6.45) is 3.70. The Balaban J connectivity index is 1.60. The molecule has 1 unspecified atom stereocenters. The number of ether oxygens (including phenoxy) is 2. The minimum Gasteiger partial charge on any atom is -0.454 e. The van der Waals surface area contributed by atoms with Crippen molar-refractivity contribution in [1.82, 2.24) is 4.90 Å². The van der Waals surface area contributed by atoms with Gasteiger partial charge in [0.15, 0.2) is 11.5 Å². The lowest BCUT2D eigenvalue weighted by Crippen LogP contribution is -2.32. The predicted octanol–water partition coefficient (Wildman–Crippen LogP) is 3.09. The van der Waals surface area contributed by atoms with Gasteiger partial charge in [0, 0.05) is 30.4 Å². The molecule has 2 aliphatic rings. The molecule has 1 saturated heterocycles. The molecule has 0 spiro atoms. The van der Waals surface area contributed by atoms with E-state index in [0.29, 0.717) is 18.9 Å². The smallest absolute Gasteiger partial charge is 0.231 e. The summed E-state index contributed by atoms with van der Waals surface area (Å²) in [7, 11) is 0. The molecule has 110 valence electrons. The summed E-state index contributed by atoms with van der Waals surface area (Å²) in [5.74, 6) is 1.70. The second-order valence-corrected chi connectivity index (χ2v) is 5.97. The number of nitrogens with zero attached hydrogens (tertiary/aromatic N) is 1. The van der Waals surface area contributed by atoms with Crippen LogP contribution in [0.2, 0.25) is 0 Å². The molecule has 1 aromatic rings. The lowest BCUT2D eigenvalue weighted by Gasteiger charge is -2.24. The Hall–Kier alpha value is -1.42. The molecule has 3 rings (SSSR count). The van der Waals surface area contributed by atoms with Crippen molar-refractivity contribution in [3.63, 3.8) is 0 Å². The molecule has 0 saturated carbocycles. The van der Waals surface area contributed by atoms with Crippen molar-refractivity contribution in [2.24, 2.45) is 0 Å². The Morgan fingerprint density at radius 2 is 2.00 bits per heavy atom. The zero-order valence-corrected chi connectivity index (χ0v) is 12.4. The normalized spacial score (nSPS) is 22.9. The Morgan fingerprint density at radius 3 is 2.85 bits per heavy atom. The molecule has 0 aromatic heterocycles. The first-order chi connectivity index (χ1) is 9.72. The van der Waals surface area contributed by atoms with Gasteiger partial charge in [-0.25, -0.2) is 0 Å². The Bertz CT molecular complexity index is 462. The van der Waals surface area contributed by atoms with Crippen molar-refractivity contribution < 1.29 is 9.47 Å². The van der Waals surface area contributed by atoms with E-state index in [1.165, 1.54) is 32.4 Å². The zero-order valence-electron chi connectivity index (χ0n) is 12.4. The standard InChI is InChI=1S/C16H24N2O2/c1-12(2)18-8-3-4-13(7-9-18)17-14-5-6-15-16(10-14)20-11-19-15/h5-6,10,12-13,17H,3-4,7-9,11H2,1-2H3. The number of hydrogen-bond donors (Lipinski definition) is 1. The quantitative estimate of drug-likeness (QED) is 0.920. The molecule has 0 amide bonds. The van der Waals surface area contributed by atoms with Gasteiger partial charge in [-0.1, -0.05) is 0 Å². The van der Waals surface area contributed by atoms with E-state index in [2.05, 4.69) is 30.1 Å². The molecule has 0 aliphatic carbocycles. The average Bonchev–Trinajstić information content (AvgIpc) is 2.76. The third-order valence-corrected chi connectivity index (χ3v) is 4.24. The van der Waals surface area contributed by atoms with Crippen LogP contribution in [0.1, 0.15) is 33.1 Å². The van der Waals surface area contributed by atoms with Crippen molar-refractivity contribution in [2.45, 2.75) is 45.2 Å². The maximum Gasteiger partial charge on any atom is 0.231 e. The van der Waals surface area contributed by atoms with Crippen molar-refractivity contribution in [3.05, 3.63) is 18.2 Å². The van der Waals surface area contributed by atoms with Crippen molar-refractivity contribution in [2.75, 3.05) is 25.2 Å². The SMILES string of the molecule is CC(C)N1CCCC(Nc2ccc3c(c2)OCO3)CC1. The Kier molecular flexibility index (Phi) is 4.01.